The van der Waals surface area contributed by atoms with E-state index in [1.165, 1.54) is 11.4 Å². The molecule has 4 aromatic rings. The Balaban J connectivity index is 0.00000433. The van der Waals surface area contributed by atoms with Gasteiger partial charge in [-0.15, -0.1) is 4.57 Å². The molecule has 0 spiro atoms. The molecule has 0 saturated carbocycles. The Bertz CT molecular complexity index is 1650. The molecule has 0 radical (unpaired) electrons. The normalized spacial score (nSPS) is 10.8. The van der Waals surface area contributed by atoms with Gasteiger partial charge in [-0.25, -0.2) is 4.79 Å². The number of anilines is 2. The highest BCUT2D eigenvalue weighted by molar-refractivity contribution is 8.76. The third-order valence-corrected chi connectivity index (χ3v) is 9.78. The number of hydrogen-bond acceptors (Lipinski definition) is 7. The van der Waals surface area contributed by atoms with Gasteiger partial charge < -0.3 is 54.4 Å². The summed E-state index contributed by atoms with van der Waals surface area (Å²) >= 11 is 0. The zero-order valence-corrected chi connectivity index (χ0v) is 33.8. The van der Waals surface area contributed by atoms with E-state index in [9.17, 15) is 9.59 Å². The van der Waals surface area contributed by atoms with Crippen molar-refractivity contribution in [3.63, 3.8) is 0 Å². The SMILES string of the molecule is CN(C)c1ccc(/C=C/c2cc[n+](CC(=O)NCCSSCCNCC(=O)[n+]3ccc(/C=C/c4ccc(N(C)C)cc4)cc3)cc2)cc1.[Br-].[Br-]. The molecule has 266 valence electrons. The second-order valence-corrected chi connectivity index (χ2v) is 14.2. The van der Waals surface area contributed by atoms with Crippen LogP contribution in [0, 0.1) is 0 Å². The number of rotatable bonds is 17. The number of nitrogens with one attached hydrogen (secondary N) is 2. The first-order chi connectivity index (χ1) is 23.3. The van der Waals surface area contributed by atoms with Crippen LogP contribution in [0.2, 0.25) is 0 Å². The molecule has 0 saturated heterocycles. The fourth-order valence-corrected chi connectivity index (χ4v) is 6.38. The summed E-state index contributed by atoms with van der Waals surface area (Å²) in [6.45, 7) is 1.91. The van der Waals surface area contributed by atoms with Crippen LogP contribution in [0.25, 0.3) is 24.3 Å². The summed E-state index contributed by atoms with van der Waals surface area (Å²) in [5.41, 5.74) is 6.72. The second-order valence-electron chi connectivity index (χ2n) is 11.5. The highest BCUT2D eigenvalue weighted by atomic mass is 79.9. The minimum absolute atomic E-state index is 0. The fourth-order valence-electron chi connectivity index (χ4n) is 4.52. The molecule has 8 nitrogen and oxygen atoms in total. The van der Waals surface area contributed by atoms with Crippen molar-refractivity contribution in [3.05, 3.63) is 120 Å². The third kappa shape index (κ3) is 15.2. The van der Waals surface area contributed by atoms with E-state index in [4.69, 9.17) is 0 Å². The molecule has 2 aromatic heterocycles. The predicted octanol–water partition coefficient (Wildman–Crippen LogP) is -0.830. The van der Waals surface area contributed by atoms with E-state index in [0.29, 0.717) is 6.54 Å². The van der Waals surface area contributed by atoms with Crippen molar-refractivity contribution in [3.8, 4) is 0 Å². The Hall–Kier alpha value is -3.42. The molecule has 0 bridgehead atoms. The molecular weight excluding hydrogens is 796 g/mol. The Morgan fingerprint density at radius 2 is 1.04 bits per heavy atom. The van der Waals surface area contributed by atoms with Gasteiger partial charge in [0.25, 0.3) is 5.91 Å². The van der Waals surface area contributed by atoms with Crippen LogP contribution in [-0.2, 0) is 11.3 Å². The molecule has 1 amide bonds. The monoisotopic (exact) mass is 840 g/mol. The molecule has 0 unspecified atom stereocenters. The average Bonchev–Trinajstić information content (AvgIpc) is 3.10. The van der Waals surface area contributed by atoms with E-state index in [1.54, 1.807) is 38.5 Å². The van der Waals surface area contributed by atoms with Gasteiger partial charge in [0.05, 0.1) is 0 Å². The molecule has 2 heterocycles. The molecule has 0 aliphatic rings. The van der Waals surface area contributed by atoms with Crippen molar-refractivity contribution in [2.24, 2.45) is 0 Å². The summed E-state index contributed by atoms with van der Waals surface area (Å²) in [6, 6.07) is 24.7. The lowest BCUT2D eigenvalue weighted by Gasteiger charge is -2.11. The van der Waals surface area contributed by atoms with E-state index in [1.807, 2.05) is 75.5 Å². The molecule has 50 heavy (non-hydrogen) atoms. The molecule has 0 atom stereocenters. The van der Waals surface area contributed by atoms with Gasteiger partial charge in [-0.1, -0.05) is 70.2 Å². The van der Waals surface area contributed by atoms with E-state index >= 15 is 0 Å². The van der Waals surface area contributed by atoms with Gasteiger partial charge in [0, 0.05) is 88.4 Å². The van der Waals surface area contributed by atoms with Gasteiger partial charge in [0.15, 0.2) is 24.8 Å². The molecule has 2 N–H and O–H groups in total. The lowest BCUT2D eigenvalue weighted by atomic mass is 10.1. The van der Waals surface area contributed by atoms with Crippen LogP contribution in [0.5, 0.6) is 0 Å². The lowest BCUT2D eigenvalue weighted by molar-refractivity contribution is -0.684. The average molecular weight is 843 g/mol. The van der Waals surface area contributed by atoms with Crippen LogP contribution in [0.1, 0.15) is 27.0 Å². The summed E-state index contributed by atoms with van der Waals surface area (Å²) in [7, 11) is 11.6. The standard InChI is InChI=1S/C38H45N6O2S2.2BrH/c1-41(2)35-13-9-31(10-14-35)5-7-33-17-23-43(24-18-33)30-37(45)40-22-28-48-47-27-21-39-29-38(46)44-25-19-34(20-26-44)8-6-32-11-15-36(16-12-32)42(3)4;;/h5-20,23-26,39H,21-22,27-30H2,1-4H3;2*1H/q+1;;/p-1. The number of nitrogens with zero attached hydrogens (tertiary/aromatic N) is 4. The summed E-state index contributed by atoms with van der Waals surface area (Å²) in [6.07, 6.45) is 15.7. The highest BCUT2D eigenvalue weighted by Gasteiger charge is 2.13. The Kier molecular flexibility index (Phi) is 19.8. The first-order valence-electron chi connectivity index (χ1n) is 15.9. The summed E-state index contributed by atoms with van der Waals surface area (Å²) in [5.74, 6) is 1.68. The van der Waals surface area contributed by atoms with Gasteiger partial charge in [-0.2, -0.15) is 4.57 Å². The number of carbonyl (C=O) groups is 2. The lowest BCUT2D eigenvalue weighted by Crippen LogP contribution is -3.00. The van der Waals surface area contributed by atoms with Crippen molar-refractivity contribution in [1.82, 2.24) is 10.6 Å². The van der Waals surface area contributed by atoms with Crippen LogP contribution in [0.3, 0.4) is 0 Å². The van der Waals surface area contributed by atoms with Crippen molar-refractivity contribution < 1.29 is 52.7 Å². The Labute approximate surface area is 326 Å². The summed E-state index contributed by atoms with van der Waals surface area (Å²) < 4.78 is 3.49. The zero-order chi connectivity index (χ0) is 34.1. The van der Waals surface area contributed by atoms with Crippen molar-refractivity contribution in [2.45, 2.75) is 6.54 Å². The predicted molar refractivity (Wildman–Crippen MR) is 204 cm³/mol. The zero-order valence-electron chi connectivity index (χ0n) is 29.0. The van der Waals surface area contributed by atoms with Crippen molar-refractivity contribution >= 4 is 69.1 Å². The second kappa shape index (κ2) is 23.1. The van der Waals surface area contributed by atoms with Gasteiger partial charge in [-0.3, -0.25) is 4.79 Å². The molecule has 4 rings (SSSR count). The van der Waals surface area contributed by atoms with Crippen molar-refractivity contribution in [1.29, 1.82) is 0 Å². The molecule has 0 fully saturated rings. The topological polar surface area (TPSA) is 72.4 Å². The number of carbonyl (C=O) groups excluding carboxylic acids is 2. The van der Waals surface area contributed by atoms with Gasteiger partial charge >= 0.3 is 5.91 Å². The maximum absolute atomic E-state index is 12.5. The smallest absolute Gasteiger partial charge is 0.406 e. The largest absolute Gasteiger partial charge is 1.00 e. The number of amides is 1. The summed E-state index contributed by atoms with van der Waals surface area (Å²) in [5, 5.41) is 6.20. The first kappa shape index (κ1) is 42.7. The van der Waals surface area contributed by atoms with Gasteiger partial charge in [-0.05, 0) is 46.5 Å². The fraction of sp³-hybridized carbons (Fsp3) is 0.263. The number of hydrogen-bond donors (Lipinski definition) is 2. The number of aromatic nitrogens is 2. The molecule has 0 aliphatic heterocycles. The van der Waals surface area contributed by atoms with Gasteiger partial charge in [0.2, 0.25) is 6.54 Å². The van der Waals surface area contributed by atoms with Crippen LogP contribution < -0.4 is 63.5 Å². The Morgan fingerprint density at radius 3 is 1.50 bits per heavy atom. The minimum atomic E-state index is -0.00786. The Morgan fingerprint density at radius 1 is 0.620 bits per heavy atom. The highest BCUT2D eigenvalue weighted by Crippen LogP contribution is 2.19. The minimum Gasteiger partial charge on any atom is -1.00 e. The van der Waals surface area contributed by atoms with Gasteiger partial charge in [0.1, 0.15) is 6.54 Å². The maximum atomic E-state index is 12.5. The maximum Gasteiger partial charge on any atom is 0.406 e. The van der Waals surface area contributed by atoms with Crippen LogP contribution >= 0.6 is 21.6 Å². The first-order valence-corrected chi connectivity index (χ1v) is 18.4. The van der Waals surface area contributed by atoms with Crippen molar-refractivity contribution in [2.75, 3.05) is 69.1 Å². The van der Waals surface area contributed by atoms with E-state index in [-0.39, 0.29) is 58.9 Å². The van der Waals surface area contributed by atoms with E-state index < -0.39 is 0 Å². The van der Waals surface area contributed by atoms with E-state index in [2.05, 4.69) is 87.2 Å². The molecule has 12 heteroatoms. The van der Waals surface area contributed by atoms with Crippen LogP contribution in [0.4, 0.5) is 11.4 Å². The number of pyridine rings is 2. The van der Waals surface area contributed by atoms with Crippen LogP contribution in [-0.4, -0.2) is 71.1 Å². The molecule has 2 aromatic carbocycles. The van der Waals surface area contributed by atoms with Crippen LogP contribution in [0.15, 0.2) is 97.6 Å². The van der Waals surface area contributed by atoms with E-state index in [0.717, 1.165) is 40.3 Å². The summed E-state index contributed by atoms with van der Waals surface area (Å²) in [4.78, 5) is 29.1. The third-order valence-electron chi connectivity index (χ3n) is 7.37. The molecule has 0 aliphatic carbocycles. The molecular formula is C38H46Br2N6O2S2. The number of benzene rings is 2. The number of halogens is 2. The quantitative estimate of drug-likeness (QED) is 0.0819.